The lowest BCUT2D eigenvalue weighted by Crippen LogP contribution is -2.31. The third kappa shape index (κ3) is 4.04. The van der Waals surface area contributed by atoms with E-state index in [-0.39, 0.29) is 11.9 Å². The molecule has 7 heteroatoms. The highest BCUT2D eigenvalue weighted by Crippen LogP contribution is 2.29. The van der Waals surface area contributed by atoms with Gasteiger partial charge in [-0.25, -0.2) is 4.98 Å². The average Bonchev–Trinajstić information content (AvgIpc) is 2.78. The van der Waals surface area contributed by atoms with Crippen molar-refractivity contribution in [2.75, 3.05) is 24.2 Å². The minimum absolute atomic E-state index is 0.0399. The highest BCUT2D eigenvalue weighted by atomic mass is 32.1. The molecule has 0 unspecified atom stereocenters. The average molecular weight is 307 g/mol. The summed E-state index contributed by atoms with van der Waals surface area (Å²) in [5, 5.41) is 10.1. The zero-order valence-electron chi connectivity index (χ0n) is 12.8. The van der Waals surface area contributed by atoms with Gasteiger partial charge in [0.25, 0.3) is 0 Å². The van der Waals surface area contributed by atoms with Crippen molar-refractivity contribution in [3.05, 3.63) is 10.9 Å². The van der Waals surface area contributed by atoms with Gasteiger partial charge in [-0.15, -0.1) is 11.3 Å². The van der Waals surface area contributed by atoms with Crippen LogP contribution in [0.2, 0.25) is 0 Å². The van der Waals surface area contributed by atoms with Crippen molar-refractivity contribution in [2.24, 2.45) is 0 Å². The lowest BCUT2D eigenvalue weighted by Gasteiger charge is -2.10. The second-order valence-corrected chi connectivity index (χ2v) is 6.36. The van der Waals surface area contributed by atoms with Crippen molar-refractivity contribution in [1.29, 1.82) is 0 Å². The lowest BCUT2D eigenvalue weighted by atomic mass is 10.3. The molecule has 0 fully saturated rings. The van der Waals surface area contributed by atoms with Crippen LogP contribution in [0.1, 0.15) is 25.1 Å². The summed E-state index contributed by atoms with van der Waals surface area (Å²) in [7, 11) is 1.79. The van der Waals surface area contributed by atoms with Gasteiger partial charge in [-0.1, -0.05) is 0 Å². The fourth-order valence-electron chi connectivity index (χ4n) is 1.98. The Kier molecular flexibility index (Phi) is 4.95. The summed E-state index contributed by atoms with van der Waals surface area (Å²) >= 11 is 1.63. The van der Waals surface area contributed by atoms with Gasteiger partial charge in [0, 0.05) is 30.9 Å². The fraction of sp³-hybridized carbons (Fsp3) is 0.500. The second-order valence-electron chi connectivity index (χ2n) is 5.12. The Morgan fingerprint density at radius 2 is 2.14 bits per heavy atom. The van der Waals surface area contributed by atoms with E-state index in [1.807, 2.05) is 20.8 Å². The predicted molar refractivity (Wildman–Crippen MR) is 88.1 cm³/mol. The smallest absolute Gasteiger partial charge is 0.225 e. The van der Waals surface area contributed by atoms with Crippen molar-refractivity contribution in [2.45, 2.75) is 33.2 Å². The number of aryl methyl sites for hydroxylation is 1. The summed E-state index contributed by atoms with van der Waals surface area (Å²) in [6.07, 6.45) is 0.418. The van der Waals surface area contributed by atoms with Crippen molar-refractivity contribution >= 4 is 39.2 Å². The van der Waals surface area contributed by atoms with Crippen molar-refractivity contribution in [3.63, 3.8) is 0 Å². The highest BCUT2D eigenvalue weighted by molar-refractivity contribution is 7.18. The van der Waals surface area contributed by atoms with Crippen molar-refractivity contribution in [1.82, 2.24) is 15.3 Å². The van der Waals surface area contributed by atoms with Crippen LogP contribution in [-0.2, 0) is 4.79 Å². The van der Waals surface area contributed by atoms with Crippen LogP contribution in [0.15, 0.2) is 6.07 Å². The fourth-order valence-corrected chi connectivity index (χ4v) is 2.86. The zero-order valence-corrected chi connectivity index (χ0v) is 13.6. The number of thiophene rings is 1. The van der Waals surface area contributed by atoms with E-state index in [1.165, 1.54) is 4.88 Å². The van der Waals surface area contributed by atoms with Gasteiger partial charge >= 0.3 is 0 Å². The van der Waals surface area contributed by atoms with E-state index in [9.17, 15) is 4.79 Å². The summed E-state index contributed by atoms with van der Waals surface area (Å²) in [4.78, 5) is 22.6. The van der Waals surface area contributed by atoms with E-state index < -0.39 is 0 Å². The number of carbonyl (C=O) groups is 1. The highest BCUT2D eigenvalue weighted by Gasteiger charge is 2.10. The van der Waals surface area contributed by atoms with Gasteiger partial charge in [0.15, 0.2) is 0 Å². The normalized spacial score (nSPS) is 10.9. The van der Waals surface area contributed by atoms with Gasteiger partial charge in [-0.2, -0.15) is 4.98 Å². The Hall–Kier alpha value is -1.89. The molecule has 0 atom stereocenters. The van der Waals surface area contributed by atoms with Crippen LogP contribution in [-0.4, -0.2) is 35.5 Å². The Bertz CT molecular complexity index is 638. The van der Waals surface area contributed by atoms with E-state index in [1.54, 1.807) is 18.4 Å². The molecular weight excluding hydrogens is 286 g/mol. The third-order valence-electron chi connectivity index (χ3n) is 2.83. The molecule has 0 spiro atoms. The molecule has 0 aromatic carbocycles. The van der Waals surface area contributed by atoms with Crippen LogP contribution in [0.3, 0.4) is 0 Å². The van der Waals surface area contributed by atoms with Crippen LogP contribution in [0.5, 0.6) is 0 Å². The second kappa shape index (κ2) is 6.71. The van der Waals surface area contributed by atoms with Gasteiger partial charge in [0.05, 0.1) is 5.39 Å². The van der Waals surface area contributed by atoms with Crippen LogP contribution in [0.4, 0.5) is 11.8 Å². The maximum Gasteiger partial charge on any atom is 0.225 e. The summed E-state index contributed by atoms with van der Waals surface area (Å²) in [6.45, 7) is 6.49. The monoisotopic (exact) mass is 307 g/mol. The molecule has 2 rings (SSSR count). The number of hydrogen-bond acceptors (Lipinski definition) is 6. The molecule has 114 valence electrons. The van der Waals surface area contributed by atoms with Crippen molar-refractivity contribution < 1.29 is 4.79 Å². The molecule has 0 aliphatic rings. The summed E-state index contributed by atoms with van der Waals surface area (Å²) in [5.74, 6) is 1.39. The molecule has 2 aromatic rings. The number of amides is 1. The Morgan fingerprint density at radius 1 is 1.38 bits per heavy atom. The lowest BCUT2D eigenvalue weighted by molar-refractivity contribution is -0.121. The minimum Gasteiger partial charge on any atom is -0.369 e. The van der Waals surface area contributed by atoms with E-state index in [0.717, 1.165) is 16.0 Å². The SMILES string of the molecule is CNc1nc(NCCC(=O)NC(C)C)c2cc(C)sc2n1. The number of fused-ring (bicyclic) bond motifs is 1. The zero-order chi connectivity index (χ0) is 15.4. The molecule has 0 radical (unpaired) electrons. The topological polar surface area (TPSA) is 78.9 Å². The molecule has 21 heavy (non-hydrogen) atoms. The van der Waals surface area contributed by atoms with Gasteiger partial charge < -0.3 is 16.0 Å². The first-order valence-electron chi connectivity index (χ1n) is 6.98. The van der Waals surface area contributed by atoms with Crippen LogP contribution in [0.25, 0.3) is 10.2 Å². The first-order valence-corrected chi connectivity index (χ1v) is 7.80. The van der Waals surface area contributed by atoms with E-state index >= 15 is 0 Å². The van der Waals surface area contributed by atoms with Gasteiger partial charge in [-0.3, -0.25) is 4.79 Å². The van der Waals surface area contributed by atoms with Gasteiger partial charge in [0.1, 0.15) is 10.6 Å². The summed E-state index contributed by atoms with van der Waals surface area (Å²) in [5.41, 5.74) is 0. The largest absolute Gasteiger partial charge is 0.369 e. The Labute approximate surface area is 128 Å². The molecule has 1 amide bonds. The number of nitrogens with zero attached hydrogens (tertiary/aromatic N) is 2. The quantitative estimate of drug-likeness (QED) is 0.763. The first-order chi connectivity index (χ1) is 9.99. The molecular formula is C14H21N5OS. The summed E-state index contributed by atoms with van der Waals surface area (Å²) in [6, 6.07) is 2.23. The molecule has 0 aliphatic carbocycles. The minimum atomic E-state index is 0.0399. The third-order valence-corrected chi connectivity index (χ3v) is 3.78. The molecule has 6 nitrogen and oxygen atoms in total. The predicted octanol–water partition coefficient (Wildman–Crippen LogP) is 2.37. The molecule has 0 bridgehead atoms. The Morgan fingerprint density at radius 3 is 2.81 bits per heavy atom. The molecule has 2 heterocycles. The van der Waals surface area contributed by atoms with Crippen molar-refractivity contribution in [3.8, 4) is 0 Å². The molecule has 2 aromatic heterocycles. The van der Waals surface area contributed by atoms with Crippen LogP contribution >= 0.6 is 11.3 Å². The number of aromatic nitrogens is 2. The number of rotatable bonds is 6. The summed E-state index contributed by atoms with van der Waals surface area (Å²) < 4.78 is 0. The molecule has 0 saturated carbocycles. The standard InChI is InChI=1S/C14H21N5OS/c1-8(2)17-11(20)5-6-16-12-10-7-9(3)21-13(10)19-14(15-4)18-12/h7-8H,5-6H2,1-4H3,(H,17,20)(H2,15,16,18,19). The number of carbonyl (C=O) groups excluding carboxylic acids is 1. The van der Waals surface area contributed by atoms with Gasteiger partial charge in [-0.05, 0) is 26.8 Å². The van der Waals surface area contributed by atoms with Crippen LogP contribution in [0, 0.1) is 6.92 Å². The first kappa shape index (κ1) is 15.5. The Balaban J connectivity index is 2.08. The molecule has 0 saturated heterocycles. The van der Waals surface area contributed by atoms with Gasteiger partial charge in [0.2, 0.25) is 11.9 Å². The van der Waals surface area contributed by atoms with Crippen LogP contribution < -0.4 is 16.0 Å². The number of hydrogen-bond donors (Lipinski definition) is 3. The maximum atomic E-state index is 11.6. The number of anilines is 2. The molecule has 3 N–H and O–H groups in total. The van der Waals surface area contributed by atoms with E-state index in [0.29, 0.717) is 18.9 Å². The van der Waals surface area contributed by atoms with E-state index in [2.05, 4.69) is 32.0 Å². The maximum absolute atomic E-state index is 11.6. The number of nitrogens with one attached hydrogen (secondary N) is 3. The van der Waals surface area contributed by atoms with E-state index in [4.69, 9.17) is 0 Å². The molecule has 0 aliphatic heterocycles.